The minimum atomic E-state index is 0.503. The van der Waals surface area contributed by atoms with Crippen molar-refractivity contribution in [3.05, 3.63) is 61.8 Å². The van der Waals surface area contributed by atoms with Gasteiger partial charge in [-0.15, -0.1) is 0 Å². The van der Waals surface area contributed by atoms with Crippen molar-refractivity contribution >= 4 is 0 Å². The molecule has 3 aromatic rings. The van der Waals surface area contributed by atoms with Crippen molar-refractivity contribution in [3.63, 3.8) is 0 Å². The Morgan fingerprint density at radius 3 is 1.50 bits per heavy atom. The van der Waals surface area contributed by atoms with E-state index in [1.165, 1.54) is 11.1 Å². The SMILES string of the molecule is Cc1cc(C)c(C)c(-c2no[n+]([O-])c2-c2c(C)c(C)cc(C)c2C)c1C. The Labute approximate surface area is 155 Å². The molecule has 0 unspecified atom stereocenters. The Balaban J connectivity index is 2.44. The van der Waals surface area contributed by atoms with E-state index in [-0.39, 0.29) is 0 Å². The number of aryl methyl sites for hydroxylation is 4. The zero-order chi connectivity index (χ0) is 19.3. The quantitative estimate of drug-likeness (QED) is 0.604. The number of benzene rings is 2. The number of rotatable bonds is 2. The molecule has 0 saturated heterocycles. The molecule has 0 saturated carbocycles. The van der Waals surface area contributed by atoms with Crippen LogP contribution in [0.4, 0.5) is 0 Å². The average Bonchev–Trinajstić information content (AvgIpc) is 2.94. The van der Waals surface area contributed by atoms with Crippen LogP contribution in [0.1, 0.15) is 44.5 Å². The molecule has 136 valence electrons. The van der Waals surface area contributed by atoms with Crippen molar-refractivity contribution in [2.24, 2.45) is 0 Å². The topological polar surface area (TPSA) is 53.0 Å². The summed E-state index contributed by atoms with van der Waals surface area (Å²) in [5, 5.41) is 16.8. The Bertz CT molecular complexity index is 977. The fourth-order valence-corrected chi connectivity index (χ4v) is 3.77. The molecule has 2 aromatic carbocycles. The molecule has 3 rings (SSSR count). The highest BCUT2D eigenvalue weighted by Crippen LogP contribution is 2.38. The molecule has 0 fully saturated rings. The highest BCUT2D eigenvalue weighted by molar-refractivity contribution is 5.83. The molecular weight excluding hydrogens is 324 g/mol. The van der Waals surface area contributed by atoms with Crippen LogP contribution in [0.15, 0.2) is 16.8 Å². The standard InChI is InChI=1S/C22H26N2O2/c1-11-9-12(2)16(6)19(15(11)5)21-22(24(25)26-23-21)20-17(7)13(3)10-14(4)18(20)8/h9-10H,1-8H3. The number of hydrogen-bond acceptors (Lipinski definition) is 3. The molecule has 0 atom stereocenters. The molecule has 0 radical (unpaired) electrons. The molecule has 4 nitrogen and oxygen atoms in total. The molecule has 0 bridgehead atoms. The first-order valence-electron chi connectivity index (χ1n) is 8.90. The Morgan fingerprint density at radius 2 is 1.08 bits per heavy atom. The van der Waals surface area contributed by atoms with E-state index in [1.54, 1.807) is 0 Å². The Morgan fingerprint density at radius 1 is 0.692 bits per heavy atom. The minimum absolute atomic E-state index is 0.503. The molecular formula is C22H26N2O2. The van der Waals surface area contributed by atoms with Crippen LogP contribution >= 0.6 is 0 Å². The van der Waals surface area contributed by atoms with Crippen LogP contribution in [0.2, 0.25) is 0 Å². The summed E-state index contributed by atoms with van der Waals surface area (Å²) in [6, 6.07) is 4.33. The fraction of sp³-hybridized carbons (Fsp3) is 0.364. The first kappa shape index (κ1) is 18.2. The van der Waals surface area contributed by atoms with Gasteiger partial charge in [0.1, 0.15) is 0 Å². The molecule has 26 heavy (non-hydrogen) atoms. The van der Waals surface area contributed by atoms with Gasteiger partial charge >= 0.3 is 0 Å². The van der Waals surface area contributed by atoms with Gasteiger partial charge in [0, 0.05) is 16.3 Å². The summed E-state index contributed by atoms with van der Waals surface area (Å²) in [6.07, 6.45) is 0. The molecule has 0 aliphatic heterocycles. The van der Waals surface area contributed by atoms with Crippen molar-refractivity contribution in [2.45, 2.75) is 55.4 Å². The van der Waals surface area contributed by atoms with Gasteiger partial charge < -0.3 is 5.21 Å². The van der Waals surface area contributed by atoms with Gasteiger partial charge in [-0.25, -0.2) is 0 Å². The smallest absolute Gasteiger partial charge is 0.256 e. The summed E-state index contributed by atoms with van der Waals surface area (Å²) < 4.78 is 5.10. The maximum atomic E-state index is 12.6. The third kappa shape index (κ3) is 2.61. The van der Waals surface area contributed by atoms with Crippen molar-refractivity contribution in [2.75, 3.05) is 0 Å². The lowest BCUT2D eigenvalue weighted by atomic mass is 9.87. The van der Waals surface area contributed by atoms with Crippen LogP contribution in [0.5, 0.6) is 0 Å². The largest absolute Gasteiger partial charge is 0.359 e. The van der Waals surface area contributed by atoms with E-state index in [2.05, 4.69) is 72.7 Å². The number of nitrogens with zero attached hydrogens (tertiary/aromatic N) is 2. The maximum absolute atomic E-state index is 12.6. The average molecular weight is 350 g/mol. The van der Waals surface area contributed by atoms with Gasteiger partial charge in [0.15, 0.2) is 0 Å². The van der Waals surface area contributed by atoms with Gasteiger partial charge in [-0.05, 0) is 105 Å². The Hall–Kier alpha value is -2.62. The summed E-state index contributed by atoms with van der Waals surface area (Å²) >= 11 is 0. The number of aromatic nitrogens is 2. The summed E-state index contributed by atoms with van der Waals surface area (Å²) in [7, 11) is 0. The van der Waals surface area contributed by atoms with Gasteiger partial charge in [-0.1, -0.05) is 12.1 Å². The molecule has 0 spiro atoms. The molecule has 1 aromatic heterocycles. The summed E-state index contributed by atoms with van der Waals surface area (Å²) in [5.74, 6) is 0. The van der Waals surface area contributed by atoms with Gasteiger partial charge in [-0.2, -0.15) is 0 Å². The van der Waals surface area contributed by atoms with Crippen LogP contribution in [-0.4, -0.2) is 5.16 Å². The zero-order valence-electron chi connectivity index (χ0n) is 16.9. The zero-order valence-corrected chi connectivity index (χ0v) is 16.9. The van der Waals surface area contributed by atoms with Crippen LogP contribution < -0.4 is 4.90 Å². The highest BCUT2D eigenvalue weighted by Gasteiger charge is 2.29. The van der Waals surface area contributed by atoms with Crippen molar-refractivity contribution in [3.8, 4) is 22.5 Å². The van der Waals surface area contributed by atoms with Gasteiger partial charge in [0.25, 0.3) is 5.69 Å². The summed E-state index contributed by atoms with van der Waals surface area (Å²) in [5.41, 5.74) is 12.1. The number of hydrogen-bond donors (Lipinski definition) is 0. The third-order valence-electron chi connectivity index (χ3n) is 5.82. The second kappa shape index (κ2) is 6.27. The third-order valence-corrected chi connectivity index (χ3v) is 5.82. The van der Waals surface area contributed by atoms with Crippen LogP contribution in [-0.2, 0) is 0 Å². The molecule has 1 heterocycles. The lowest BCUT2D eigenvalue weighted by Gasteiger charge is -2.15. The molecule has 4 heteroatoms. The van der Waals surface area contributed by atoms with Crippen molar-refractivity contribution < 1.29 is 9.53 Å². The van der Waals surface area contributed by atoms with Crippen molar-refractivity contribution in [1.82, 2.24) is 5.16 Å². The van der Waals surface area contributed by atoms with Gasteiger partial charge in [0.05, 0.1) is 0 Å². The first-order valence-corrected chi connectivity index (χ1v) is 8.90. The summed E-state index contributed by atoms with van der Waals surface area (Å²) in [6.45, 7) is 16.6. The summed E-state index contributed by atoms with van der Waals surface area (Å²) in [4.78, 5) is 0.556. The molecule has 0 amide bonds. The first-order chi connectivity index (χ1) is 12.1. The molecule has 0 aliphatic rings. The lowest BCUT2D eigenvalue weighted by molar-refractivity contribution is -0.793. The van der Waals surface area contributed by atoms with Gasteiger partial charge in [-0.3, -0.25) is 4.63 Å². The second-order valence-corrected chi connectivity index (χ2v) is 7.40. The molecule has 0 aliphatic carbocycles. The Kier molecular flexibility index (Phi) is 4.39. The second-order valence-electron chi connectivity index (χ2n) is 7.40. The highest BCUT2D eigenvalue weighted by atomic mass is 16.8. The predicted octanol–water partition coefficient (Wildman–Crippen LogP) is 5.11. The van der Waals surface area contributed by atoms with Crippen LogP contribution in [0.3, 0.4) is 0 Å². The van der Waals surface area contributed by atoms with E-state index in [0.29, 0.717) is 16.3 Å². The van der Waals surface area contributed by atoms with Crippen LogP contribution in [0.25, 0.3) is 22.5 Å². The fourth-order valence-electron chi connectivity index (χ4n) is 3.77. The predicted molar refractivity (Wildman–Crippen MR) is 104 cm³/mol. The van der Waals surface area contributed by atoms with E-state index in [0.717, 1.165) is 44.5 Å². The minimum Gasteiger partial charge on any atom is -0.359 e. The monoisotopic (exact) mass is 350 g/mol. The van der Waals surface area contributed by atoms with E-state index < -0.39 is 0 Å². The van der Waals surface area contributed by atoms with Crippen LogP contribution in [0, 0.1) is 60.6 Å². The van der Waals surface area contributed by atoms with E-state index in [4.69, 9.17) is 4.63 Å². The van der Waals surface area contributed by atoms with E-state index in [9.17, 15) is 5.21 Å². The van der Waals surface area contributed by atoms with E-state index in [1.807, 2.05) is 0 Å². The van der Waals surface area contributed by atoms with Gasteiger partial charge in [0.2, 0.25) is 5.69 Å². The van der Waals surface area contributed by atoms with E-state index >= 15 is 0 Å². The normalized spacial score (nSPS) is 11.2. The molecule has 0 N–H and O–H groups in total. The lowest BCUT2D eigenvalue weighted by Crippen LogP contribution is -2.26. The maximum Gasteiger partial charge on any atom is 0.256 e. The van der Waals surface area contributed by atoms with Crippen molar-refractivity contribution in [1.29, 1.82) is 0 Å².